The average molecular weight is 312 g/mol. The molecule has 1 atom stereocenters. The number of nitrogens with one attached hydrogen (secondary N) is 1. The van der Waals surface area contributed by atoms with Crippen LogP contribution in [0.5, 0.6) is 0 Å². The van der Waals surface area contributed by atoms with Crippen LogP contribution in [0, 0.1) is 6.92 Å². The Morgan fingerprint density at radius 2 is 2.20 bits per heavy atom. The molecular weight excluding hydrogens is 298 g/mol. The Morgan fingerprint density at radius 1 is 1.53 bits per heavy atom. The van der Waals surface area contributed by atoms with Gasteiger partial charge in [-0.1, -0.05) is 22.9 Å². The Labute approximate surface area is 103 Å². The second kappa shape index (κ2) is 5.43. The molecule has 1 heterocycles. The number of hydrogen-bond donors (Lipinski definition) is 1. The predicted octanol–water partition coefficient (Wildman–Crippen LogP) is 2.51. The summed E-state index contributed by atoms with van der Waals surface area (Å²) in [7, 11) is -3.31. The lowest BCUT2D eigenvalue weighted by Crippen LogP contribution is -2.28. The van der Waals surface area contributed by atoms with Gasteiger partial charge in [-0.3, -0.25) is 0 Å². The summed E-state index contributed by atoms with van der Waals surface area (Å²) in [5.74, 6) is 0. The van der Waals surface area contributed by atoms with Crippen molar-refractivity contribution in [2.45, 2.75) is 29.3 Å². The van der Waals surface area contributed by atoms with Crippen molar-refractivity contribution < 1.29 is 8.42 Å². The average Bonchev–Trinajstić information content (AvgIpc) is 2.62. The van der Waals surface area contributed by atoms with Crippen molar-refractivity contribution in [2.24, 2.45) is 0 Å². The molecule has 0 aromatic carbocycles. The first kappa shape index (κ1) is 13.2. The van der Waals surface area contributed by atoms with Crippen LogP contribution in [-0.4, -0.2) is 19.8 Å². The minimum Gasteiger partial charge on any atom is -0.209 e. The summed E-state index contributed by atoms with van der Waals surface area (Å²) in [6.07, 6.45) is 0.895. The summed E-state index contributed by atoms with van der Waals surface area (Å²) in [6.45, 7) is 4.32. The second-order valence-electron chi connectivity index (χ2n) is 3.22. The van der Waals surface area contributed by atoms with Gasteiger partial charge in [0.25, 0.3) is 0 Å². The maximum absolute atomic E-state index is 11.7. The SMILES string of the molecule is CCC(Br)CNS(=O)(=O)c1ccc(C)s1. The molecule has 0 amide bonds. The molecular formula is C9H14BrNO2S2. The van der Waals surface area contributed by atoms with Crippen LogP contribution in [-0.2, 0) is 10.0 Å². The number of aryl methyl sites for hydroxylation is 1. The molecule has 0 aliphatic carbocycles. The first-order chi connectivity index (χ1) is 6.95. The van der Waals surface area contributed by atoms with Gasteiger partial charge < -0.3 is 0 Å². The summed E-state index contributed by atoms with van der Waals surface area (Å²) in [4.78, 5) is 1.19. The lowest BCUT2D eigenvalue weighted by molar-refractivity contribution is 0.582. The van der Waals surface area contributed by atoms with E-state index in [1.807, 2.05) is 19.9 Å². The second-order valence-corrected chi connectivity index (χ2v) is 7.80. The highest BCUT2D eigenvalue weighted by molar-refractivity contribution is 9.09. The van der Waals surface area contributed by atoms with Crippen LogP contribution in [0.4, 0.5) is 0 Å². The van der Waals surface area contributed by atoms with E-state index in [0.717, 1.165) is 11.3 Å². The van der Waals surface area contributed by atoms with Crippen molar-refractivity contribution in [1.82, 2.24) is 4.72 Å². The molecule has 0 radical (unpaired) electrons. The van der Waals surface area contributed by atoms with E-state index in [1.54, 1.807) is 6.07 Å². The number of thiophene rings is 1. The topological polar surface area (TPSA) is 46.2 Å². The predicted molar refractivity (Wildman–Crippen MR) is 67.3 cm³/mol. The summed E-state index contributed by atoms with van der Waals surface area (Å²) < 4.78 is 26.4. The maximum atomic E-state index is 11.7. The molecule has 0 saturated carbocycles. The molecule has 0 aliphatic heterocycles. The monoisotopic (exact) mass is 311 g/mol. The Balaban J connectivity index is 2.68. The van der Waals surface area contributed by atoms with Crippen molar-refractivity contribution in [3.63, 3.8) is 0 Å². The quantitative estimate of drug-likeness (QED) is 0.849. The van der Waals surface area contributed by atoms with Crippen LogP contribution in [0.2, 0.25) is 0 Å². The third kappa shape index (κ3) is 3.86. The molecule has 1 rings (SSSR count). The molecule has 0 spiro atoms. The zero-order valence-electron chi connectivity index (χ0n) is 8.66. The van der Waals surface area contributed by atoms with Crippen LogP contribution in [0.25, 0.3) is 0 Å². The Hall–Kier alpha value is 0.0900. The van der Waals surface area contributed by atoms with Gasteiger partial charge in [-0.15, -0.1) is 11.3 Å². The van der Waals surface area contributed by atoms with Crippen molar-refractivity contribution in [3.8, 4) is 0 Å². The first-order valence-corrected chi connectivity index (χ1v) is 7.87. The number of halogens is 1. The molecule has 15 heavy (non-hydrogen) atoms. The van der Waals surface area contributed by atoms with E-state index in [4.69, 9.17) is 0 Å². The van der Waals surface area contributed by atoms with Crippen LogP contribution in [0.15, 0.2) is 16.3 Å². The van der Waals surface area contributed by atoms with Gasteiger partial charge in [-0.2, -0.15) is 0 Å². The lowest BCUT2D eigenvalue weighted by Gasteiger charge is -2.07. The largest absolute Gasteiger partial charge is 0.250 e. The molecule has 1 aromatic heterocycles. The van der Waals surface area contributed by atoms with Crippen molar-refractivity contribution in [1.29, 1.82) is 0 Å². The normalized spacial score (nSPS) is 14.1. The van der Waals surface area contributed by atoms with E-state index in [1.165, 1.54) is 11.3 Å². The van der Waals surface area contributed by atoms with Crippen LogP contribution in [0.3, 0.4) is 0 Å². The molecule has 0 saturated heterocycles. The van der Waals surface area contributed by atoms with Gasteiger partial charge in [0.1, 0.15) is 4.21 Å². The smallest absolute Gasteiger partial charge is 0.209 e. The first-order valence-electron chi connectivity index (χ1n) is 4.66. The van der Waals surface area contributed by atoms with E-state index < -0.39 is 10.0 Å². The van der Waals surface area contributed by atoms with Crippen LogP contribution < -0.4 is 4.72 Å². The van der Waals surface area contributed by atoms with E-state index in [-0.39, 0.29) is 4.83 Å². The molecule has 6 heteroatoms. The highest BCUT2D eigenvalue weighted by atomic mass is 79.9. The highest BCUT2D eigenvalue weighted by Crippen LogP contribution is 2.20. The van der Waals surface area contributed by atoms with Gasteiger partial charge >= 0.3 is 0 Å². The third-order valence-corrected chi connectivity index (χ3v) is 5.81. The molecule has 1 aromatic rings. The maximum Gasteiger partial charge on any atom is 0.250 e. The van der Waals surface area contributed by atoms with Crippen molar-refractivity contribution in [2.75, 3.05) is 6.54 Å². The van der Waals surface area contributed by atoms with E-state index >= 15 is 0 Å². The number of alkyl halides is 1. The van der Waals surface area contributed by atoms with Gasteiger partial charge in [-0.05, 0) is 25.5 Å². The van der Waals surface area contributed by atoms with Gasteiger partial charge in [0.05, 0.1) is 0 Å². The number of sulfonamides is 1. The van der Waals surface area contributed by atoms with Gasteiger partial charge in [-0.25, -0.2) is 13.1 Å². The van der Waals surface area contributed by atoms with Crippen molar-refractivity contribution in [3.05, 3.63) is 17.0 Å². The van der Waals surface area contributed by atoms with E-state index in [2.05, 4.69) is 20.7 Å². The molecule has 0 fully saturated rings. The number of hydrogen-bond acceptors (Lipinski definition) is 3. The van der Waals surface area contributed by atoms with Gasteiger partial charge in [0.15, 0.2) is 0 Å². The summed E-state index contributed by atoms with van der Waals surface area (Å²) in [6, 6.07) is 3.45. The molecule has 0 aliphatic rings. The third-order valence-electron chi connectivity index (χ3n) is 1.92. The standard InChI is InChI=1S/C9H14BrNO2S2/c1-3-8(10)6-11-15(12,13)9-5-4-7(2)14-9/h4-5,8,11H,3,6H2,1-2H3. The van der Waals surface area contributed by atoms with Gasteiger partial charge in [0, 0.05) is 16.2 Å². The Kier molecular flexibility index (Phi) is 4.76. The highest BCUT2D eigenvalue weighted by Gasteiger charge is 2.16. The summed E-state index contributed by atoms with van der Waals surface area (Å²) in [5.41, 5.74) is 0. The van der Waals surface area contributed by atoms with Gasteiger partial charge in [0.2, 0.25) is 10.0 Å². The molecule has 86 valence electrons. The zero-order chi connectivity index (χ0) is 11.5. The van der Waals surface area contributed by atoms with E-state index in [0.29, 0.717) is 10.8 Å². The van der Waals surface area contributed by atoms with Crippen LogP contribution in [0.1, 0.15) is 18.2 Å². The minimum atomic E-state index is -3.31. The summed E-state index contributed by atoms with van der Waals surface area (Å²) >= 11 is 4.67. The lowest BCUT2D eigenvalue weighted by atomic mass is 10.3. The minimum absolute atomic E-state index is 0.188. The van der Waals surface area contributed by atoms with E-state index in [9.17, 15) is 8.42 Å². The van der Waals surface area contributed by atoms with Crippen LogP contribution >= 0.6 is 27.3 Å². The molecule has 3 nitrogen and oxygen atoms in total. The Bertz CT molecular complexity index is 414. The molecule has 0 bridgehead atoms. The zero-order valence-corrected chi connectivity index (χ0v) is 11.9. The fourth-order valence-electron chi connectivity index (χ4n) is 0.972. The van der Waals surface area contributed by atoms with Crippen molar-refractivity contribution >= 4 is 37.3 Å². The Morgan fingerprint density at radius 3 is 2.67 bits per heavy atom. The fourth-order valence-corrected chi connectivity index (χ4v) is 3.76. The summed E-state index contributed by atoms with van der Waals surface area (Å²) in [5, 5.41) is 0. The molecule has 1 N–H and O–H groups in total. The fraction of sp³-hybridized carbons (Fsp3) is 0.556. The molecule has 1 unspecified atom stereocenters. The number of rotatable bonds is 5.